The molecule has 0 aliphatic carbocycles. The van der Waals surface area contributed by atoms with E-state index in [0.717, 1.165) is 43.4 Å². The molecule has 0 fully saturated rings. The second-order valence-electron chi connectivity index (χ2n) is 8.61. The van der Waals surface area contributed by atoms with E-state index < -0.39 is 0 Å². The van der Waals surface area contributed by atoms with Crippen molar-refractivity contribution in [2.75, 3.05) is 5.32 Å². The number of fused-ring (bicyclic) bond motifs is 3. The van der Waals surface area contributed by atoms with Gasteiger partial charge >= 0.3 is 0 Å². The zero-order chi connectivity index (χ0) is 24.5. The average molecular weight is 529 g/mol. The van der Waals surface area contributed by atoms with Crippen LogP contribution in [0.5, 0.6) is 0 Å². The minimum atomic E-state index is -0.155. The van der Waals surface area contributed by atoms with Crippen LogP contribution in [0.1, 0.15) is 10.4 Å². The van der Waals surface area contributed by atoms with Crippen LogP contribution < -0.4 is 5.32 Å². The highest BCUT2D eigenvalue weighted by Crippen LogP contribution is 2.36. The second-order valence-corrected chi connectivity index (χ2v) is 9.47. The lowest BCUT2D eigenvalue weighted by atomic mass is 9.94. The molecular weight excluding hydrogens is 508 g/mol. The molecular formula is C32H21BrN2O. The summed E-state index contributed by atoms with van der Waals surface area (Å²) in [5.74, 6) is -0.155. The quantitative estimate of drug-likeness (QED) is 0.232. The number of amides is 1. The van der Waals surface area contributed by atoms with Crippen molar-refractivity contribution in [1.29, 1.82) is 0 Å². The standard InChI is InChI=1S/C32H21BrN2O/c33-28-13-7-6-12-26(28)32(36)34-24-17-14-23(15-18-24)30-20-27(21-8-2-1-3-9-21)31-25-11-5-4-10-22(25)16-19-29(31)35-30/h1-20H,(H,34,36). The molecule has 0 saturated heterocycles. The Morgan fingerprint density at radius 3 is 2.22 bits per heavy atom. The van der Waals surface area contributed by atoms with Crippen LogP contribution in [0, 0.1) is 0 Å². The molecule has 4 heteroatoms. The number of aromatic nitrogens is 1. The number of hydrogen-bond acceptors (Lipinski definition) is 2. The number of halogens is 1. The number of pyridine rings is 1. The van der Waals surface area contributed by atoms with Gasteiger partial charge in [0.15, 0.2) is 0 Å². The molecule has 0 spiro atoms. The summed E-state index contributed by atoms with van der Waals surface area (Å²) in [6.45, 7) is 0. The van der Waals surface area contributed by atoms with Crippen molar-refractivity contribution in [3.05, 3.63) is 131 Å². The van der Waals surface area contributed by atoms with Crippen molar-refractivity contribution in [2.24, 2.45) is 0 Å². The van der Waals surface area contributed by atoms with Gasteiger partial charge in [-0.1, -0.05) is 84.9 Å². The second kappa shape index (κ2) is 9.40. The highest BCUT2D eigenvalue weighted by molar-refractivity contribution is 9.10. The number of rotatable bonds is 4. The SMILES string of the molecule is O=C(Nc1ccc(-c2cc(-c3ccccc3)c3c(ccc4ccccc43)n2)cc1)c1ccccc1Br. The molecule has 1 amide bonds. The predicted octanol–water partition coefficient (Wildman–Crippen LogP) is 8.74. The van der Waals surface area contributed by atoms with E-state index in [9.17, 15) is 4.79 Å². The summed E-state index contributed by atoms with van der Waals surface area (Å²) in [4.78, 5) is 17.7. The minimum Gasteiger partial charge on any atom is -0.322 e. The molecule has 1 aromatic heterocycles. The minimum absolute atomic E-state index is 0.155. The Balaban J connectivity index is 1.42. The molecule has 0 saturated carbocycles. The van der Waals surface area contributed by atoms with Gasteiger partial charge in [0.05, 0.1) is 16.8 Å². The Labute approximate surface area is 217 Å². The monoisotopic (exact) mass is 528 g/mol. The summed E-state index contributed by atoms with van der Waals surface area (Å²) in [5.41, 5.74) is 6.46. The molecule has 3 nitrogen and oxygen atoms in total. The lowest BCUT2D eigenvalue weighted by molar-refractivity contribution is 0.102. The van der Waals surface area contributed by atoms with Crippen molar-refractivity contribution in [3.8, 4) is 22.4 Å². The van der Waals surface area contributed by atoms with Crippen LogP contribution in [-0.4, -0.2) is 10.9 Å². The normalized spacial score (nSPS) is 11.0. The number of hydrogen-bond donors (Lipinski definition) is 1. The summed E-state index contributed by atoms with van der Waals surface area (Å²) in [6.07, 6.45) is 0. The highest BCUT2D eigenvalue weighted by Gasteiger charge is 2.13. The molecule has 1 heterocycles. The molecule has 6 aromatic rings. The van der Waals surface area contributed by atoms with Crippen LogP contribution >= 0.6 is 15.9 Å². The smallest absolute Gasteiger partial charge is 0.256 e. The first-order valence-corrected chi connectivity index (χ1v) is 12.5. The third-order valence-electron chi connectivity index (χ3n) is 6.34. The van der Waals surface area contributed by atoms with Gasteiger partial charge in [0.2, 0.25) is 0 Å². The molecule has 0 atom stereocenters. The van der Waals surface area contributed by atoms with E-state index >= 15 is 0 Å². The van der Waals surface area contributed by atoms with E-state index in [4.69, 9.17) is 4.98 Å². The Kier molecular flexibility index (Phi) is 5.80. The molecule has 0 radical (unpaired) electrons. The van der Waals surface area contributed by atoms with Crippen LogP contribution in [0.3, 0.4) is 0 Å². The van der Waals surface area contributed by atoms with Crippen molar-refractivity contribution < 1.29 is 4.79 Å². The molecule has 172 valence electrons. The van der Waals surface area contributed by atoms with E-state index in [1.807, 2.05) is 48.5 Å². The van der Waals surface area contributed by atoms with Gasteiger partial charge in [-0.3, -0.25) is 4.79 Å². The third-order valence-corrected chi connectivity index (χ3v) is 7.03. The first-order valence-electron chi connectivity index (χ1n) is 11.7. The van der Waals surface area contributed by atoms with E-state index in [0.29, 0.717) is 5.56 Å². The molecule has 36 heavy (non-hydrogen) atoms. The number of carbonyl (C=O) groups excluding carboxylic acids is 1. The van der Waals surface area contributed by atoms with Crippen LogP contribution in [0.15, 0.2) is 126 Å². The molecule has 0 aliphatic heterocycles. The van der Waals surface area contributed by atoms with Crippen LogP contribution in [-0.2, 0) is 0 Å². The van der Waals surface area contributed by atoms with Gasteiger partial charge in [-0.15, -0.1) is 0 Å². The first-order chi connectivity index (χ1) is 17.7. The Hall–Kier alpha value is -4.28. The fourth-order valence-corrected chi connectivity index (χ4v) is 5.03. The number of anilines is 1. The van der Waals surface area contributed by atoms with Crippen LogP contribution in [0.2, 0.25) is 0 Å². The number of carbonyl (C=O) groups is 1. The fourth-order valence-electron chi connectivity index (χ4n) is 4.57. The lowest BCUT2D eigenvalue weighted by Gasteiger charge is -2.13. The molecule has 6 rings (SSSR count). The van der Waals surface area contributed by atoms with Gasteiger partial charge in [-0.25, -0.2) is 4.98 Å². The largest absolute Gasteiger partial charge is 0.322 e. The number of benzene rings is 5. The summed E-state index contributed by atoms with van der Waals surface area (Å²) in [6, 6.07) is 40.5. The Morgan fingerprint density at radius 1 is 0.694 bits per heavy atom. The Morgan fingerprint density at radius 2 is 1.42 bits per heavy atom. The van der Waals surface area contributed by atoms with E-state index in [-0.39, 0.29) is 5.91 Å². The van der Waals surface area contributed by atoms with Gasteiger partial charge < -0.3 is 5.32 Å². The number of nitrogens with one attached hydrogen (secondary N) is 1. The van der Waals surface area contributed by atoms with Crippen molar-refractivity contribution in [1.82, 2.24) is 4.98 Å². The van der Waals surface area contributed by atoms with Crippen LogP contribution in [0.4, 0.5) is 5.69 Å². The first kappa shape index (κ1) is 22.2. The highest BCUT2D eigenvalue weighted by atomic mass is 79.9. The van der Waals surface area contributed by atoms with Gasteiger partial charge in [-0.2, -0.15) is 0 Å². The van der Waals surface area contributed by atoms with Crippen LogP contribution in [0.25, 0.3) is 44.1 Å². The van der Waals surface area contributed by atoms with Crippen molar-refractivity contribution in [3.63, 3.8) is 0 Å². The molecule has 0 unspecified atom stereocenters. The zero-order valence-electron chi connectivity index (χ0n) is 19.3. The van der Waals surface area contributed by atoms with E-state index in [1.54, 1.807) is 6.07 Å². The molecule has 0 aliphatic rings. The summed E-state index contributed by atoms with van der Waals surface area (Å²) in [5, 5.41) is 6.52. The van der Waals surface area contributed by atoms with Gasteiger partial charge in [0, 0.05) is 21.1 Å². The van der Waals surface area contributed by atoms with Crippen molar-refractivity contribution >= 4 is 49.2 Å². The maximum absolute atomic E-state index is 12.7. The van der Waals surface area contributed by atoms with Gasteiger partial charge in [0.25, 0.3) is 5.91 Å². The van der Waals surface area contributed by atoms with E-state index in [2.05, 4.69) is 88.0 Å². The number of nitrogens with zero attached hydrogens (tertiary/aromatic N) is 1. The molecule has 0 bridgehead atoms. The summed E-state index contributed by atoms with van der Waals surface area (Å²) in [7, 11) is 0. The van der Waals surface area contributed by atoms with Gasteiger partial charge in [0.1, 0.15) is 0 Å². The topological polar surface area (TPSA) is 42.0 Å². The molecule has 1 N–H and O–H groups in total. The fraction of sp³-hybridized carbons (Fsp3) is 0. The maximum atomic E-state index is 12.7. The van der Waals surface area contributed by atoms with Crippen molar-refractivity contribution in [2.45, 2.75) is 0 Å². The Bertz CT molecular complexity index is 1730. The average Bonchev–Trinajstić information content (AvgIpc) is 2.93. The zero-order valence-corrected chi connectivity index (χ0v) is 20.9. The third kappa shape index (κ3) is 4.16. The lowest BCUT2D eigenvalue weighted by Crippen LogP contribution is -2.12. The molecule has 5 aromatic carbocycles. The predicted molar refractivity (Wildman–Crippen MR) is 152 cm³/mol. The van der Waals surface area contributed by atoms with E-state index in [1.165, 1.54) is 10.8 Å². The van der Waals surface area contributed by atoms with Gasteiger partial charge in [-0.05, 0) is 74.2 Å². The maximum Gasteiger partial charge on any atom is 0.256 e. The summed E-state index contributed by atoms with van der Waals surface area (Å²) >= 11 is 3.44. The summed E-state index contributed by atoms with van der Waals surface area (Å²) < 4.78 is 0.764.